The molecule has 0 unspecified atom stereocenters. The maximum absolute atomic E-state index is 9.64. The maximum atomic E-state index is 9.64. The molecule has 0 radical (unpaired) electrons. The minimum atomic E-state index is -0.00893. The molecule has 108 valence electrons. The summed E-state index contributed by atoms with van der Waals surface area (Å²) in [7, 11) is 0. The van der Waals surface area contributed by atoms with Crippen LogP contribution in [-0.4, -0.2) is 18.3 Å². The van der Waals surface area contributed by atoms with E-state index in [2.05, 4.69) is 64.2 Å². The maximum Gasteiger partial charge on any atom is 0.0504 e. The number of hydrogen-bond donors (Lipinski definition) is 2. The summed E-state index contributed by atoms with van der Waals surface area (Å²) in [6.45, 7) is 12.0. The molecular formula is C17H29NO. The molecule has 0 fully saturated rings. The fourth-order valence-corrected chi connectivity index (χ4v) is 2.35. The van der Waals surface area contributed by atoms with Gasteiger partial charge in [-0.2, -0.15) is 0 Å². The van der Waals surface area contributed by atoms with E-state index in [1.54, 1.807) is 0 Å². The van der Waals surface area contributed by atoms with Gasteiger partial charge in [0.2, 0.25) is 0 Å². The van der Waals surface area contributed by atoms with Crippen LogP contribution in [-0.2, 0) is 5.41 Å². The topological polar surface area (TPSA) is 32.3 Å². The molecular weight excluding hydrogens is 234 g/mol. The number of aliphatic hydroxyl groups is 1. The van der Waals surface area contributed by atoms with Gasteiger partial charge in [0.25, 0.3) is 0 Å². The average Bonchev–Trinajstić information content (AvgIpc) is 2.40. The molecule has 0 aliphatic carbocycles. The van der Waals surface area contributed by atoms with E-state index in [0.717, 1.165) is 19.4 Å². The van der Waals surface area contributed by atoms with Gasteiger partial charge in [-0.15, -0.1) is 0 Å². The van der Waals surface area contributed by atoms with E-state index in [0.29, 0.717) is 0 Å². The lowest BCUT2D eigenvalue weighted by Gasteiger charge is -2.31. The first kappa shape index (κ1) is 16.0. The molecule has 2 N–H and O–H groups in total. The Kier molecular flexibility index (Phi) is 5.42. The molecule has 1 aromatic rings. The third kappa shape index (κ3) is 3.97. The Balaban J connectivity index is 2.89. The Labute approximate surface area is 118 Å². The molecule has 0 spiro atoms. The minimum Gasteiger partial charge on any atom is -0.396 e. The van der Waals surface area contributed by atoms with Crippen molar-refractivity contribution in [1.29, 1.82) is 0 Å². The van der Waals surface area contributed by atoms with Crippen LogP contribution in [0.1, 0.15) is 53.0 Å². The average molecular weight is 263 g/mol. The number of hydrogen-bond acceptors (Lipinski definition) is 2. The number of rotatable bonds is 6. The third-order valence-corrected chi connectivity index (χ3v) is 4.22. The molecule has 0 aliphatic heterocycles. The van der Waals surface area contributed by atoms with E-state index < -0.39 is 0 Å². The van der Waals surface area contributed by atoms with Crippen molar-refractivity contribution in [3.8, 4) is 0 Å². The Bertz CT molecular complexity index is 380. The van der Waals surface area contributed by atoms with E-state index in [1.165, 1.54) is 11.3 Å². The van der Waals surface area contributed by atoms with E-state index in [1.807, 2.05) is 0 Å². The summed E-state index contributed by atoms with van der Waals surface area (Å²) < 4.78 is 0. The van der Waals surface area contributed by atoms with Crippen molar-refractivity contribution in [2.75, 3.05) is 18.5 Å². The largest absolute Gasteiger partial charge is 0.396 e. The number of nitrogens with one attached hydrogen (secondary N) is 1. The van der Waals surface area contributed by atoms with Gasteiger partial charge in [0, 0.05) is 17.6 Å². The fourth-order valence-electron chi connectivity index (χ4n) is 2.35. The van der Waals surface area contributed by atoms with Crippen molar-refractivity contribution in [3.63, 3.8) is 0 Å². The van der Waals surface area contributed by atoms with E-state index in [9.17, 15) is 5.11 Å². The predicted octanol–water partition coefficient (Wildman–Crippen LogP) is 4.19. The smallest absolute Gasteiger partial charge is 0.0504 e. The van der Waals surface area contributed by atoms with Crippen LogP contribution in [0.2, 0.25) is 0 Å². The normalized spacial score (nSPS) is 12.5. The van der Waals surface area contributed by atoms with Crippen LogP contribution in [0.25, 0.3) is 0 Å². The molecule has 1 rings (SSSR count). The summed E-state index contributed by atoms with van der Waals surface area (Å²) in [5.74, 6) is 0. The van der Waals surface area contributed by atoms with Gasteiger partial charge in [0.05, 0.1) is 6.61 Å². The highest BCUT2D eigenvalue weighted by Gasteiger charge is 2.26. The molecule has 0 heterocycles. The van der Waals surface area contributed by atoms with Crippen molar-refractivity contribution < 1.29 is 5.11 Å². The second kappa shape index (κ2) is 6.42. The number of aliphatic hydroxyl groups excluding tert-OH is 1. The minimum absolute atomic E-state index is 0.00893. The van der Waals surface area contributed by atoms with Gasteiger partial charge in [-0.1, -0.05) is 52.8 Å². The predicted molar refractivity (Wildman–Crippen MR) is 83.7 cm³/mol. The first-order valence-electron chi connectivity index (χ1n) is 7.33. The van der Waals surface area contributed by atoms with E-state index in [4.69, 9.17) is 0 Å². The van der Waals surface area contributed by atoms with Crippen molar-refractivity contribution in [2.24, 2.45) is 5.41 Å². The van der Waals surface area contributed by atoms with Crippen LogP contribution in [0.15, 0.2) is 24.3 Å². The molecule has 0 atom stereocenters. The molecule has 1 aromatic carbocycles. The molecule has 19 heavy (non-hydrogen) atoms. The lowest BCUT2D eigenvalue weighted by molar-refractivity contribution is 0.127. The van der Waals surface area contributed by atoms with Crippen LogP contribution in [0.5, 0.6) is 0 Å². The van der Waals surface area contributed by atoms with Gasteiger partial charge in [-0.3, -0.25) is 0 Å². The van der Waals surface area contributed by atoms with Crippen molar-refractivity contribution in [1.82, 2.24) is 0 Å². The Hall–Kier alpha value is -1.02. The fraction of sp³-hybridized carbons (Fsp3) is 0.647. The standard InChI is InChI=1S/C17H29NO/c1-6-17(7-2,13-19)12-18-15-11-9-8-10-14(15)16(3,4)5/h8-11,18-19H,6-7,12-13H2,1-5H3. The van der Waals surface area contributed by atoms with E-state index >= 15 is 0 Å². The summed E-state index contributed by atoms with van der Waals surface area (Å²) in [5, 5.41) is 13.2. The van der Waals surface area contributed by atoms with Gasteiger partial charge in [0.15, 0.2) is 0 Å². The van der Waals surface area contributed by atoms with Gasteiger partial charge in [0.1, 0.15) is 0 Å². The summed E-state index contributed by atoms with van der Waals surface area (Å²) in [4.78, 5) is 0. The molecule has 0 aliphatic rings. The van der Waals surface area contributed by atoms with Crippen LogP contribution in [0.3, 0.4) is 0 Å². The monoisotopic (exact) mass is 263 g/mol. The first-order valence-corrected chi connectivity index (χ1v) is 7.33. The van der Waals surface area contributed by atoms with Gasteiger partial charge >= 0.3 is 0 Å². The number of para-hydroxylation sites is 1. The summed E-state index contributed by atoms with van der Waals surface area (Å²) in [6, 6.07) is 8.47. The van der Waals surface area contributed by atoms with Crippen molar-refractivity contribution >= 4 is 5.69 Å². The zero-order chi connectivity index (χ0) is 14.5. The highest BCUT2D eigenvalue weighted by atomic mass is 16.3. The Morgan fingerprint density at radius 1 is 1.05 bits per heavy atom. The number of anilines is 1. The van der Waals surface area contributed by atoms with Crippen molar-refractivity contribution in [2.45, 2.75) is 52.9 Å². The summed E-state index contributed by atoms with van der Waals surface area (Å²) in [5.41, 5.74) is 2.64. The first-order chi connectivity index (χ1) is 8.88. The Morgan fingerprint density at radius 2 is 1.63 bits per heavy atom. The van der Waals surface area contributed by atoms with Crippen LogP contribution in [0, 0.1) is 5.41 Å². The van der Waals surface area contributed by atoms with Crippen LogP contribution < -0.4 is 5.32 Å². The molecule has 2 nitrogen and oxygen atoms in total. The third-order valence-electron chi connectivity index (χ3n) is 4.22. The molecule has 0 saturated heterocycles. The molecule has 0 saturated carbocycles. The zero-order valence-electron chi connectivity index (χ0n) is 13.1. The second-order valence-electron chi connectivity index (χ2n) is 6.51. The van der Waals surface area contributed by atoms with Crippen molar-refractivity contribution in [3.05, 3.63) is 29.8 Å². The Morgan fingerprint density at radius 3 is 2.11 bits per heavy atom. The van der Waals surface area contributed by atoms with Gasteiger partial charge in [-0.05, 0) is 29.9 Å². The van der Waals surface area contributed by atoms with E-state index in [-0.39, 0.29) is 17.4 Å². The quantitative estimate of drug-likeness (QED) is 0.806. The number of benzene rings is 1. The van der Waals surface area contributed by atoms with Crippen LogP contribution >= 0.6 is 0 Å². The zero-order valence-corrected chi connectivity index (χ0v) is 13.1. The second-order valence-corrected chi connectivity index (χ2v) is 6.51. The molecule has 0 bridgehead atoms. The lowest BCUT2D eigenvalue weighted by Crippen LogP contribution is -2.33. The SMILES string of the molecule is CCC(CC)(CO)CNc1ccccc1C(C)(C)C. The molecule has 2 heteroatoms. The van der Waals surface area contributed by atoms with Crippen LogP contribution in [0.4, 0.5) is 5.69 Å². The molecule has 0 amide bonds. The van der Waals surface area contributed by atoms with Gasteiger partial charge < -0.3 is 10.4 Å². The highest BCUT2D eigenvalue weighted by molar-refractivity contribution is 5.54. The lowest BCUT2D eigenvalue weighted by atomic mass is 9.82. The summed E-state index contributed by atoms with van der Waals surface area (Å²) >= 11 is 0. The summed E-state index contributed by atoms with van der Waals surface area (Å²) in [6.07, 6.45) is 1.98. The molecule has 0 aromatic heterocycles. The van der Waals surface area contributed by atoms with Gasteiger partial charge in [-0.25, -0.2) is 0 Å². The highest BCUT2D eigenvalue weighted by Crippen LogP contribution is 2.31.